The summed E-state index contributed by atoms with van der Waals surface area (Å²) in [5.74, 6) is -0.884. The number of ether oxygens (including phenoxy) is 1. The van der Waals surface area contributed by atoms with E-state index >= 15 is 0 Å². The Hall–Kier alpha value is -4.12. The Bertz CT molecular complexity index is 1270. The lowest BCUT2D eigenvalue weighted by atomic mass is 9.94. The van der Waals surface area contributed by atoms with Crippen LogP contribution >= 0.6 is 0 Å². The van der Waals surface area contributed by atoms with Crippen molar-refractivity contribution >= 4 is 17.9 Å². The van der Waals surface area contributed by atoms with Gasteiger partial charge in [0.15, 0.2) is 0 Å². The number of esters is 1. The largest absolute Gasteiger partial charge is 0.463 e. The number of halogens is 3. The maximum Gasteiger partial charge on any atom is 0.416 e. The molecule has 40 heavy (non-hydrogen) atoms. The molecule has 8 nitrogen and oxygen atoms in total. The molecule has 1 atom stereocenters. The van der Waals surface area contributed by atoms with Gasteiger partial charge in [-0.3, -0.25) is 14.6 Å². The Labute approximate surface area is 230 Å². The van der Waals surface area contributed by atoms with Crippen LogP contribution in [-0.2, 0) is 15.7 Å². The van der Waals surface area contributed by atoms with Gasteiger partial charge in [-0.1, -0.05) is 36.4 Å². The number of carbonyl (C=O) groups is 3. The summed E-state index contributed by atoms with van der Waals surface area (Å²) in [5.41, 5.74) is 0.937. The summed E-state index contributed by atoms with van der Waals surface area (Å²) in [6.07, 6.45) is -2.90. The summed E-state index contributed by atoms with van der Waals surface area (Å²) < 4.78 is 44.1. The first-order valence-electron chi connectivity index (χ1n) is 13.0. The molecule has 0 radical (unpaired) electrons. The number of alkyl halides is 3. The molecule has 212 valence electrons. The number of amides is 3. The molecule has 0 spiro atoms. The van der Waals surface area contributed by atoms with Crippen molar-refractivity contribution in [3.63, 3.8) is 0 Å². The molecule has 1 fully saturated rings. The molecule has 2 aromatic carbocycles. The second-order valence-electron chi connectivity index (χ2n) is 9.42. The van der Waals surface area contributed by atoms with E-state index in [2.05, 4.69) is 11.9 Å². The first-order chi connectivity index (χ1) is 19.1. The van der Waals surface area contributed by atoms with Crippen molar-refractivity contribution in [1.82, 2.24) is 20.0 Å². The molecule has 0 saturated carbocycles. The topological polar surface area (TPSA) is 82.2 Å². The first kappa shape index (κ1) is 28.9. The summed E-state index contributed by atoms with van der Waals surface area (Å²) >= 11 is 0. The third kappa shape index (κ3) is 6.36. The van der Waals surface area contributed by atoms with Crippen LogP contribution < -0.4 is 5.32 Å². The van der Waals surface area contributed by atoms with Gasteiger partial charge in [0.05, 0.1) is 23.8 Å². The molecule has 1 unspecified atom stereocenters. The summed E-state index contributed by atoms with van der Waals surface area (Å²) in [7, 11) is 0. The zero-order chi connectivity index (χ0) is 28.9. The molecule has 0 aliphatic carbocycles. The number of rotatable bonds is 8. The molecule has 3 amide bonds. The number of piperazine rings is 1. The van der Waals surface area contributed by atoms with Gasteiger partial charge in [-0.05, 0) is 36.8 Å². The van der Waals surface area contributed by atoms with Gasteiger partial charge in [-0.15, -0.1) is 6.58 Å². The number of hydrogen-bond donors (Lipinski definition) is 1. The highest BCUT2D eigenvalue weighted by Gasteiger charge is 2.39. The third-order valence-corrected chi connectivity index (χ3v) is 6.87. The molecule has 2 aliphatic rings. The molecule has 2 aliphatic heterocycles. The average molecular weight is 557 g/mol. The SMILES string of the molecule is C=CCN1C(=O)NC(c2ccccc2)C(C(=O)OCC)=C1CN1CCN(C(=O)c2ccc(C(F)(F)F)cc2)CC1. The summed E-state index contributed by atoms with van der Waals surface area (Å²) in [6, 6.07) is 12.3. The number of nitrogens with one attached hydrogen (secondary N) is 1. The highest BCUT2D eigenvalue weighted by Crippen LogP contribution is 2.32. The molecule has 1 saturated heterocycles. The molecular formula is C29H31F3N4O4. The standard InChI is InChI=1S/C29H31F3N4O4/c1-3-14-36-23(24(27(38)40-4-2)25(33-28(36)39)20-8-6-5-7-9-20)19-34-15-17-35(18-16-34)26(37)21-10-12-22(13-11-21)29(30,31)32/h3,5-13,25H,1,4,14-19H2,2H3,(H,33,39). The van der Waals surface area contributed by atoms with Crippen LogP contribution in [0.25, 0.3) is 0 Å². The quantitative estimate of drug-likeness (QED) is 0.389. The maximum atomic E-state index is 13.2. The third-order valence-electron chi connectivity index (χ3n) is 6.87. The van der Waals surface area contributed by atoms with Crippen LogP contribution in [0.4, 0.5) is 18.0 Å². The first-order valence-corrected chi connectivity index (χ1v) is 13.0. The molecule has 0 bridgehead atoms. The highest BCUT2D eigenvalue weighted by molar-refractivity contribution is 5.95. The van der Waals surface area contributed by atoms with Crippen LogP contribution in [0.3, 0.4) is 0 Å². The van der Waals surface area contributed by atoms with Crippen LogP contribution in [0.1, 0.15) is 34.5 Å². The monoisotopic (exact) mass is 556 g/mol. The van der Waals surface area contributed by atoms with E-state index in [-0.39, 0.29) is 37.2 Å². The van der Waals surface area contributed by atoms with E-state index in [4.69, 9.17) is 4.74 Å². The second-order valence-corrected chi connectivity index (χ2v) is 9.42. The van der Waals surface area contributed by atoms with Crippen molar-refractivity contribution in [3.8, 4) is 0 Å². The fraction of sp³-hybridized carbons (Fsp3) is 0.345. The van der Waals surface area contributed by atoms with E-state index in [1.807, 2.05) is 35.2 Å². The van der Waals surface area contributed by atoms with Crippen molar-refractivity contribution in [1.29, 1.82) is 0 Å². The Morgan fingerprint density at radius 2 is 1.70 bits per heavy atom. The fourth-order valence-corrected chi connectivity index (χ4v) is 4.85. The average Bonchev–Trinajstić information content (AvgIpc) is 2.95. The van der Waals surface area contributed by atoms with E-state index in [1.165, 1.54) is 17.0 Å². The van der Waals surface area contributed by atoms with Gasteiger partial charge in [-0.2, -0.15) is 13.2 Å². The maximum absolute atomic E-state index is 13.2. The Balaban J connectivity index is 1.55. The minimum atomic E-state index is -4.47. The van der Waals surface area contributed by atoms with E-state index in [1.54, 1.807) is 17.9 Å². The molecule has 4 rings (SSSR count). The number of benzene rings is 2. The summed E-state index contributed by atoms with van der Waals surface area (Å²) in [4.78, 5) is 44.4. The summed E-state index contributed by atoms with van der Waals surface area (Å²) in [5, 5.41) is 2.92. The van der Waals surface area contributed by atoms with Crippen LogP contribution in [0.5, 0.6) is 0 Å². The lowest BCUT2D eigenvalue weighted by Crippen LogP contribution is -2.53. The van der Waals surface area contributed by atoms with Crippen molar-refractivity contribution < 1.29 is 32.3 Å². The van der Waals surface area contributed by atoms with Gasteiger partial charge in [-0.25, -0.2) is 9.59 Å². The zero-order valence-corrected chi connectivity index (χ0v) is 22.1. The van der Waals surface area contributed by atoms with Crippen LogP contribution in [0, 0.1) is 0 Å². The molecule has 2 aromatic rings. The van der Waals surface area contributed by atoms with E-state index in [0.29, 0.717) is 37.4 Å². The molecule has 2 heterocycles. The lowest BCUT2D eigenvalue weighted by Gasteiger charge is -2.40. The number of carbonyl (C=O) groups excluding carboxylic acids is 3. The Kier molecular flexibility index (Phi) is 8.93. The van der Waals surface area contributed by atoms with Gasteiger partial charge in [0, 0.05) is 50.5 Å². The van der Waals surface area contributed by atoms with Crippen LogP contribution in [0.15, 0.2) is 78.5 Å². The van der Waals surface area contributed by atoms with Gasteiger partial charge in [0.2, 0.25) is 0 Å². The number of hydrogen-bond acceptors (Lipinski definition) is 5. The molecule has 11 heteroatoms. The predicted octanol–water partition coefficient (Wildman–Crippen LogP) is 4.23. The van der Waals surface area contributed by atoms with Crippen LogP contribution in [0.2, 0.25) is 0 Å². The van der Waals surface area contributed by atoms with Crippen molar-refractivity contribution in [2.75, 3.05) is 45.9 Å². The fourth-order valence-electron chi connectivity index (χ4n) is 4.85. The Morgan fingerprint density at radius 1 is 1.05 bits per heavy atom. The van der Waals surface area contributed by atoms with Crippen molar-refractivity contribution in [3.05, 3.63) is 95.2 Å². The van der Waals surface area contributed by atoms with E-state index in [9.17, 15) is 27.6 Å². The van der Waals surface area contributed by atoms with Gasteiger partial charge >= 0.3 is 18.2 Å². The Morgan fingerprint density at radius 3 is 2.27 bits per heavy atom. The van der Waals surface area contributed by atoms with Crippen LogP contribution in [-0.4, -0.2) is 78.5 Å². The molecular weight excluding hydrogens is 525 g/mol. The molecule has 1 N–H and O–H groups in total. The lowest BCUT2D eigenvalue weighted by molar-refractivity contribution is -0.139. The predicted molar refractivity (Wildman–Crippen MR) is 142 cm³/mol. The smallest absolute Gasteiger partial charge is 0.416 e. The zero-order valence-electron chi connectivity index (χ0n) is 22.1. The van der Waals surface area contributed by atoms with Crippen molar-refractivity contribution in [2.24, 2.45) is 0 Å². The van der Waals surface area contributed by atoms with Gasteiger partial charge < -0.3 is 15.0 Å². The van der Waals surface area contributed by atoms with Gasteiger partial charge in [0.1, 0.15) is 0 Å². The van der Waals surface area contributed by atoms with E-state index in [0.717, 1.165) is 17.7 Å². The highest BCUT2D eigenvalue weighted by atomic mass is 19.4. The molecule has 0 aromatic heterocycles. The number of nitrogens with zero attached hydrogens (tertiary/aromatic N) is 3. The summed E-state index contributed by atoms with van der Waals surface area (Å²) in [6.45, 7) is 7.59. The van der Waals surface area contributed by atoms with E-state index < -0.39 is 23.8 Å². The minimum absolute atomic E-state index is 0.164. The van der Waals surface area contributed by atoms with Gasteiger partial charge in [0.25, 0.3) is 5.91 Å². The van der Waals surface area contributed by atoms with Crippen molar-refractivity contribution in [2.45, 2.75) is 19.1 Å². The number of urea groups is 1. The minimum Gasteiger partial charge on any atom is -0.463 e. The normalized spacial score (nSPS) is 18.4. The second kappa shape index (κ2) is 12.4.